The van der Waals surface area contributed by atoms with Gasteiger partial charge >= 0.3 is 6.09 Å². The Kier molecular flexibility index (Phi) is 4.41. The molecule has 1 saturated heterocycles. The Labute approximate surface area is 147 Å². The third-order valence-electron chi connectivity index (χ3n) is 4.07. The van der Waals surface area contributed by atoms with E-state index < -0.39 is 5.60 Å². The van der Waals surface area contributed by atoms with Crippen molar-refractivity contribution in [3.63, 3.8) is 0 Å². The van der Waals surface area contributed by atoms with Gasteiger partial charge in [0.1, 0.15) is 11.4 Å². The van der Waals surface area contributed by atoms with Crippen molar-refractivity contribution >= 4 is 23.0 Å². The molecule has 1 aromatic heterocycles. The molecule has 1 N–H and O–H groups in total. The largest absolute Gasteiger partial charge is 0.444 e. The number of aromatic nitrogens is 2. The molecular formula is C18H24N4O3. The van der Waals surface area contributed by atoms with Crippen molar-refractivity contribution in [2.24, 2.45) is 0 Å². The van der Waals surface area contributed by atoms with Gasteiger partial charge in [-0.15, -0.1) is 0 Å². The Morgan fingerprint density at radius 1 is 1.12 bits per heavy atom. The summed E-state index contributed by atoms with van der Waals surface area (Å²) in [7, 11) is 0. The summed E-state index contributed by atoms with van der Waals surface area (Å²) < 4.78 is 5.38. The van der Waals surface area contributed by atoms with Gasteiger partial charge in [-0.2, -0.15) is 0 Å². The topological polar surface area (TPSA) is 78.5 Å². The molecule has 0 atom stereocenters. The number of carbonyl (C=O) groups is 2. The van der Waals surface area contributed by atoms with Gasteiger partial charge < -0.3 is 19.5 Å². The van der Waals surface area contributed by atoms with E-state index in [0.29, 0.717) is 31.7 Å². The molecule has 0 spiro atoms. The van der Waals surface area contributed by atoms with E-state index in [1.54, 1.807) is 15.9 Å². The van der Waals surface area contributed by atoms with Gasteiger partial charge in [0.2, 0.25) is 0 Å². The Balaban J connectivity index is 1.63. The van der Waals surface area contributed by atoms with Crippen LogP contribution in [0.3, 0.4) is 0 Å². The average Bonchev–Trinajstić information content (AvgIpc) is 2.91. The smallest absolute Gasteiger partial charge is 0.410 e. The second kappa shape index (κ2) is 6.38. The van der Waals surface area contributed by atoms with Crippen LogP contribution in [0.15, 0.2) is 18.2 Å². The van der Waals surface area contributed by atoms with Crippen LogP contribution in [0.1, 0.15) is 37.0 Å². The van der Waals surface area contributed by atoms with Gasteiger partial charge in [0.15, 0.2) is 0 Å². The van der Waals surface area contributed by atoms with Crippen LogP contribution in [-0.4, -0.2) is 63.5 Å². The van der Waals surface area contributed by atoms with Crippen LogP contribution in [-0.2, 0) is 4.74 Å². The molecule has 1 aromatic carbocycles. The second-order valence-corrected chi connectivity index (χ2v) is 7.31. The molecule has 1 aliphatic rings. The average molecular weight is 344 g/mol. The minimum absolute atomic E-state index is 0.0296. The molecule has 7 nitrogen and oxygen atoms in total. The Morgan fingerprint density at radius 2 is 1.76 bits per heavy atom. The van der Waals surface area contributed by atoms with Crippen LogP contribution in [0.5, 0.6) is 0 Å². The summed E-state index contributed by atoms with van der Waals surface area (Å²) >= 11 is 0. The summed E-state index contributed by atoms with van der Waals surface area (Å²) in [4.78, 5) is 35.7. The van der Waals surface area contributed by atoms with E-state index in [1.165, 1.54) is 0 Å². The van der Waals surface area contributed by atoms with Gasteiger partial charge in [0.25, 0.3) is 5.91 Å². The maximum atomic E-state index is 12.7. The van der Waals surface area contributed by atoms with Crippen LogP contribution < -0.4 is 0 Å². The van der Waals surface area contributed by atoms with Gasteiger partial charge in [-0.3, -0.25) is 4.79 Å². The van der Waals surface area contributed by atoms with Crippen molar-refractivity contribution in [2.45, 2.75) is 33.3 Å². The number of imidazole rings is 1. The van der Waals surface area contributed by atoms with Crippen molar-refractivity contribution in [1.82, 2.24) is 19.8 Å². The summed E-state index contributed by atoms with van der Waals surface area (Å²) in [6, 6.07) is 5.48. The van der Waals surface area contributed by atoms with Gasteiger partial charge in [0.05, 0.1) is 11.0 Å². The molecule has 7 heteroatoms. The highest BCUT2D eigenvalue weighted by molar-refractivity contribution is 5.97. The summed E-state index contributed by atoms with van der Waals surface area (Å²) in [6.45, 7) is 9.37. The number of benzene rings is 1. The third-order valence-corrected chi connectivity index (χ3v) is 4.07. The summed E-state index contributed by atoms with van der Waals surface area (Å²) in [5.41, 5.74) is 1.82. The van der Waals surface area contributed by atoms with Crippen LogP contribution >= 0.6 is 0 Å². The Bertz CT molecular complexity index is 798. The number of amides is 2. The second-order valence-electron chi connectivity index (χ2n) is 7.31. The van der Waals surface area contributed by atoms with Gasteiger partial charge in [-0.25, -0.2) is 9.78 Å². The summed E-state index contributed by atoms with van der Waals surface area (Å²) in [5, 5.41) is 0. The standard InChI is InChI=1S/C18H24N4O3/c1-12-19-14-6-5-13(11-15(14)20-12)16(23)21-7-9-22(10-8-21)17(24)25-18(2,3)4/h5-6,11H,7-10H2,1-4H3,(H,19,20). The first-order valence-electron chi connectivity index (χ1n) is 8.46. The SMILES string of the molecule is Cc1nc2ccc(C(=O)N3CCN(C(=O)OC(C)(C)C)CC3)cc2[nH]1. The molecule has 0 bridgehead atoms. The molecule has 0 radical (unpaired) electrons. The highest BCUT2D eigenvalue weighted by atomic mass is 16.6. The summed E-state index contributed by atoms with van der Waals surface area (Å²) in [6.07, 6.45) is -0.325. The zero-order valence-corrected chi connectivity index (χ0v) is 15.1. The highest BCUT2D eigenvalue weighted by Crippen LogP contribution is 2.17. The number of nitrogens with one attached hydrogen (secondary N) is 1. The van der Waals surface area contributed by atoms with Crippen LogP contribution in [0.4, 0.5) is 4.79 Å². The highest BCUT2D eigenvalue weighted by Gasteiger charge is 2.28. The van der Waals surface area contributed by atoms with Gasteiger partial charge in [0, 0.05) is 31.7 Å². The number of rotatable bonds is 1. The number of nitrogens with zero attached hydrogens (tertiary/aromatic N) is 3. The molecule has 0 unspecified atom stereocenters. The van der Waals surface area contributed by atoms with Crippen molar-refractivity contribution in [2.75, 3.05) is 26.2 Å². The van der Waals surface area contributed by atoms with Crippen LogP contribution in [0.2, 0.25) is 0 Å². The molecule has 3 rings (SSSR count). The number of H-pyrrole nitrogens is 1. The monoisotopic (exact) mass is 344 g/mol. The third kappa shape index (κ3) is 3.92. The predicted molar refractivity (Wildman–Crippen MR) is 94.5 cm³/mol. The molecule has 0 saturated carbocycles. The van der Waals surface area contributed by atoms with E-state index in [4.69, 9.17) is 4.74 Å². The molecule has 2 heterocycles. The first kappa shape index (κ1) is 17.3. The van der Waals surface area contributed by atoms with Crippen molar-refractivity contribution in [3.05, 3.63) is 29.6 Å². The number of piperazine rings is 1. The lowest BCUT2D eigenvalue weighted by Gasteiger charge is -2.35. The van der Waals surface area contributed by atoms with Crippen LogP contribution in [0.25, 0.3) is 11.0 Å². The van der Waals surface area contributed by atoms with E-state index in [-0.39, 0.29) is 12.0 Å². The molecule has 1 fully saturated rings. The van der Waals surface area contributed by atoms with Crippen molar-refractivity contribution < 1.29 is 14.3 Å². The molecule has 25 heavy (non-hydrogen) atoms. The van der Waals surface area contributed by atoms with Gasteiger partial charge in [-0.05, 0) is 45.9 Å². The van der Waals surface area contributed by atoms with Crippen molar-refractivity contribution in [3.8, 4) is 0 Å². The quantitative estimate of drug-likeness (QED) is 0.862. The number of ether oxygens (including phenoxy) is 1. The number of aromatic amines is 1. The maximum Gasteiger partial charge on any atom is 0.410 e. The number of aryl methyl sites for hydroxylation is 1. The molecule has 2 amide bonds. The molecule has 1 aliphatic heterocycles. The minimum Gasteiger partial charge on any atom is -0.444 e. The Hall–Kier alpha value is -2.57. The lowest BCUT2D eigenvalue weighted by molar-refractivity contribution is 0.0141. The number of carbonyl (C=O) groups excluding carboxylic acids is 2. The van der Waals surface area contributed by atoms with E-state index in [0.717, 1.165) is 16.9 Å². The normalized spacial score (nSPS) is 15.5. The Morgan fingerprint density at radius 3 is 2.40 bits per heavy atom. The van der Waals surface area contributed by atoms with E-state index in [2.05, 4.69) is 9.97 Å². The number of fused-ring (bicyclic) bond motifs is 1. The van der Waals surface area contributed by atoms with Gasteiger partial charge in [-0.1, -0.05) is 0 Å². The predicted octanol–water partition coefficient (Wildman–Crippen LogP) is 2.56. The van der Waals surface area contributed by atoms with E-state index >= 15 is 0 Å². The first-order chi connectivity index (χ1) is 11.7. The fraction of sp³-hybridized carbons (Fsp3) is 0.500. The fourth-order valence-corrected chi connectivity index (χ4v) is 2.87. The first-order valence-corrected chi connectivity index (χ1v) is 8.46. The zero-order chi connectivity index (χ0) is 18.2. The zero-order valence-electron chi connectivity index (χ0n) is 15.1. The lowest BCUT2D eigenvalue weighted by Crippen LogP contribution is -2.51. The molecule has 0 aliphatic carbocycles. The maximum absolute atomic E-state index is 12.7. The van der Waals surface area contributed by atoms with Crippen molar-refractivity contribution in [1.29, 1.82) is 0 Å². The molecular weight excluding hydrogens is 320 g/mol. The molecule has 2 aromatic rings. The lowest BCUT2D eigenvalue weighted by atomic mass is 10.1. The fourth-order valence-electron chi connectivity index (χ4n) is 2.87. The van der Waals surface area contributed by atoms with E-state index in [9.17, 15) is 9.59 Å². The van der Waals surface area contributed by atoms with Crippen LogP contribution in [0, 0.1) is 6.92 Å². The number of hydrogen-bond donors (Lipinski definition) is 1. The van der Waals surface area contributed by atoms with E-state index in [1.807, 2.05) is 39.8 Å². The summed E-state index contributed by atoms with van der Waals surface area (Å²) in [5.74, 6) is 0.795. The number of hydrogen-bond acceptors (Lipinski definition) is 4. The minimum atomic E-state index is -0.512. The molecule has 134 valence electrons.